The standard InChI is InChI=1S/C15H17BrN2O2S/c1-10-3-5-12(6-4-10)9-18-21(19,20)15-8-13(16)7-14(17)11(15)2/h3-8,18H,9,17H2,1-2H3. The minimum Gasteiger partial charge on any atom is -0.398 e. The van der Waals surface area contributed by atoms with Gasteiger partial charge in [-0.2, -0.15) is 0 Å². The van der Waals surface area contributed by atoms with E-state index in [0.717, 1.165) is 11.1 Å². The molecule has 0 bridgehead atoms. The third-order valence-corrected chi connectivity index (χ3v) is 5.23. The summed E-state index contributed by atoms with van der Waals surface area (Å²) in [7, 11) is -3.60. The van der Waals surface area contributed by atoms with Crippen LogP contribution in [0.15, 0.2) is 45.8 Å². The van der Waals surface area contributed by atoms with Crippen LogP contribution < -0.4 is 10.5 Å². The van der Waals surface area contributed by atoms with E-state index in [4.69, 9.17) is 5.73 Å². The predicted molar refractivity (Wildman–Crippen MR) is 88.5 cm³/mol. The third kappa shape index (κ3) is 3.84. The highest BCUT2D eigenvalue weighted by atomic mass is 79.9. The summed E-state index contributed by atoms with van der Waals surface area (Å²) in [5.41, 5.74) is 8.86. The average Bonchev–Trinajstić information content (AvgIpc) is 2.42. The van der Waals surface area contributed by atoms with Crippen LogP contribution in [0.3, 0.4) is 0 Å². The smallest absolute Gasteiger partial charge is 0.241 e. The maximum Gasteiger partial charge on any atom is 0.241 e. The number of nitrogens with one attached hydrogen (secondary N) is 1. The summed E-state index contributed by atoms with van der Waals surface area (Å²) in [6.45, 7) is 3.93. The lowest BCUT2D eigenvalue weighted by Crippen LogP contribution is -2.24. The minimum atomic E-state index is -3.60. The van der Waals surface area contributed by atoms with Crippen molar-refractivity contribution in [2.24, 2.45) is 0 Å². The minimum absolute atomic E-state index is 0.196. The molecule has 0 aliphatic rings. The van der Waals surface area contributed by atoms with Crippen molar-refractivity contribution in [3.05, 3.63) is 57.6 Å². The lowest BCUT2D eigenvalue weighted by Gasteiger charge is -2.12. The van der Waals surface area contributed by atoms with E-state index >= 15 is 0 Å². The molecule has 2 aromatic rings. The molecule has 2 rings (SSSR count). The maximum atomic E-state index is 12.4. The molecule has 3 N–H and O–H groups in total. The molecule has 0 unspecified atom stereocenters. The van der Waals surface area contributed by atoms with E-state index in [0.29, 0.717) is 15.7 Å². The fourth-order valence-corrected chi connectivity index (χ4v) is 3.86. The topological polar surface area (TPSA) is 72.2 Å². The predicted octanol–water partition coefficient (Wildman–Crippen LogP) is 3.13. The Morgan fingerprint density at radius 3 is 2.38 bits per heavy atom. The van der Waals surface area contributed by atoms with Crippen molar-refractivity contribution in [1.29, 1.82) is 0 Å². The summed E-state index contributed by atoms with van der Waals surface area (Å²) < 4.78 is 28.1. The van der Waals surface area contributed by atoms with Crippen molar-refractivity contribution in [2.45, 2.75) is 25.3 Å². The first-order valence-electron chi connectivity index (χ1n) is 6.40. The number of anilines is 1. The average molecular weight is 369 g/mol. The molecule has 21 heavy (non-hydrogen) atoms. The summed E-state index contributed by atoms with van der Waals surface area (Å²) in [4.78, 5) is 0.196. The van der Waals surface area contributed by atoms with Gasteiger partial charge in [-0.05, 0) is 37.1 Å². The van der Waals surface area contributed by atoms with E-state index < -0.39 is 10.0 Å². The Morgan fingerprint density at radius 1 is 1.14 bits per heavy atom. The number of nitrogens with two attached hydrogens (primary N) is 1. The lowest BCUT2D eigenvalue weighted by atomic mass is 10.2. The van der Waals surface area contributed by atoms with Crippen molar-refractivity contribution in [3.8, 4) is 0 Å². The Balaban J connectivity index is 2.25. The lowest BCUT2D eigenvalue weighted by molar-refractivity contribution is 0.580. The molecule has 0 heterocycles. The molecule has 4 nitrogen and oxygen atoms in total. The van der Waals surface area contributed by atoms with Crippen LogP contribution in [0.25, 0.3) is 0 Å². The number of sulfonamides is 1. The van der Waals surface area contributed by atoms with Gasteiger partial charge in [-0.1, -0.05) is 45.8 Å². The number of nitrogen functional groups attached to an aromatic ring is 1. The molecular weight excluding hydrogens is 352 g/mol. The van der Waals surface area contributed by atoms with Gasteiger partial charge in [0.2, 0.25) is 10.0 Å². The highest BCUT2D eigenvalue weighted by molar-refractivity contribution is 9.10. The molecule has 0 saturated heterocycles. The van der Waals surface area contributed by atoms with Crippen LogP contribution in [-0.2, 0) is 16.6 Å². The number of halogens is 1. The largest absolute Gasteiger partial charge is 0.398 e. The normalized spacial score (nSPS) is 11.6. The molecule has 0 aliphatic carbocycles. The number of aryl methyl sites for hydroxylation is 1. The van der Waals surface area contributed by atoms with Gasteiger partial charge in [-0.3, -0.25) is 0 Å². The Morgan fingerprint density at radius 2 is 1.76 bits per heavy atom. The zero-order valence-electron chi connectivity index (χ0n) is 11.9. The summed E-state index contributed by atoms with van der Waals surface area (Å²) >= 11 is 3.27. The first-order chi connectivity index (χ1) is 9.79. The van der Waals surface area contributed by atoms with E-state index in [1.54, 1.807) is 19.1 Å². The highest BCUT2D eigenvalue weighted by Crippen LogP contribution is 2.26. The van der Waals surface area contributed by atoms with Crippen molar-refractivity contribution < 1.29 is 8.42 Å². The van der Waals surface area contributed by atoms with Gasteiger partial charge in [0.05, 0.1) is 4.90 Å². The van der Waals surface area contributed by atoms with E-state index in [2.05, 4.69) is 20.7 Å². The fraction of sp³-hybridized carbons (Fsp3) is 0.200. The van der Waals surface area contributed by atoms with E-state index in [9.17, 15) is 8.42 Å². The molecule has 2 aromatic carbocycles. The van der Waals surface area contributed by atoms with E-state index in [1.165, 1.54) is 0 Å². The van der Waals surface area contributed by atoms with Crippen LogP contribution in [0, 0.1) is 13.8 Å². The Labute approximate surface area is 133 Å². The van der Waals surface area contributed by atoms with Crippen molar-refractivity contribution in [2.75, 3.05) is 5.73 Å². The number of benzene rings is 2. The van der Waals surface area contributed by atoms with Crippen molar-refractivity contribution in [1.82, 2.24) is 4.72 Å². The SMILES string of the molecule is Cc1ccc(CNS(=O)(=O)c2cc(Br)cc(N)c2C)cc1. The molecule has 0 aromatic heterocycles. The first-order valence-corrected chi connectivity index (χ1v) is 8.68. The molecule has 0 radical (unpaired) electrons. The summed E-state index contributed by atoms with van der Waals surface area (Å²) in [6.07, 6.45) is 0. The summed E-state index contributed by atoms with van der Waals surface area (Å²) in [5.74, 6) is 0. The molecule has 0 fully saturated rings. The number of hydrogen-bond donors (Lipinski definition) is 2. The molecule has 6 heteroatoms. The van der Waals surface area contributed by atoms with Crippen LogP contribution in [0.1, 0.15) is 16.7 Å². The zero-order chi connectivity index (χ0) is 15.6. The van der Waals surface area contributed by atoms with Gasteiger partial charge in [0.15, 0.2) is 0 Å². The van der Waals surface area contributed by atoms with Gasteiger partial charge in [0.25, 0.3) is 0 Å². The van der Waals surface area contributed by atoms with E-state index in [-0.39, 0.29) is 11.4 Å². The van der Waals surface area contributed by atoms with Crippen LogP contribution in [0.2, 0.25) is 0 Å². The molecule has 112 valence electrons. The van der Waals surface area contributed by atoms with Gasteiger partial charge in [-0.15, -0.1) is 0 Å². The van der Waals surface area contributed by atoms with Crippen LogP contribution in [0.4, 0.5) is 5.69 Å². The van der Waals surface area contributed by atoms with Gasteiger partial charge in [0.1, 0.15) is 0 Å². The second-order valence-corrected chi connectivity index (χ2v) is 7.58. The second kappa shape index (κ2) is 6.17. The van der Waals surface area contributed by atoms with Crippen molar-refractivity contribution in [3.63, 3.8) is 0 Å². The summed E-state index contributed by atoms with van der Waals surface area (Å²) in [6, 6.07) is 11.0. The van der Waals surface area contributed by atoms with Crippen LogP contribution in [-0.4, -0.2) is 8.42 Å². The van der Waals surface area contributed by atoms with Gasteiger partial charge < -0.3 is 5.73 Å². The highest BCUT2D eigenvalue weighted by Gasteiger charge is 2.18. The molecule has 0 saturated carbocycles. The first kappa shape index (κ1) is 16.0. The Hall–Kier alpha value is -1.37. The molecule has 0 atom stereocenters. The van der Waals surface area contributed by atoms with Gasteiger partial charge in [0, 0.05) is 16.7 Å². The van der Waals surface area contributed by atoms with E-state index in [1.807, 2.05) is 31.2 Å². The Bertz CT molecular complexity index is 756. The third-order valence-electron chi connectivity index (χ3n) is 3.24. The van der Waals surface area contributed by atoms with Crippen LogP contribution >= 0.6 is 15.9 Å². The summed E-state index contributed by atoms with van der Waals surface area (Å²) in [5, 5.41) is 0. The second-order valence-electron chi connectivity index (χ2n) is 4.93. The molecule has 0 amide bonds. The Kier molecular flexibility index (Phi) is 4.70. The number of hydrogen-bond acceptors (Lipinski definition) is 3. The van der Waals surface area contributed by atoms with Gasteiger partial charge in [-0.25, -0.2) is 13.1 Å². The molecular formula is C15H17BrN2O2S. The quantitative estimate of drug-likeness (QED) is 0.814. The van der Waals surface area contributed by atoms with Crippen molar-refractivity contribution >= 4 is 31.6 Å². The zero-order valence-corrected chi connectivity index (χ0v) is 14.3. The monoisotopic (exact) mass is 368 g/mol. The van der Waals surface area contributed by atoms with Gasteiger partial charge >= 0.3 is 0 Å². The number of rotatable bonds is 4. The fourth-order valence-electron chi connectivity index (χ4n) is 1.92. The van der Waals surface area contributed by atoms with Crippen LogP contribution in [0.5, 0.6) is 0 Å². The molecule has 0 aliphatic heterocycles. The maximum absolute atomic E-state index is 12.4. The molecule has 0 spiro atoms.